The zero-order chi connectivity index (χ0) is 13.9. The fourth-order valence-electron chi connectivity index (χ4n) is 1.97. The van der Waals surface area contributed by atoms with Crippen LogP contribution in [0.5, 0.6) is 11.5 Å². The Morgan fingerprint density at radius 2 is 1.90 bits per heavy atom. The van der Waals surface area contributed by atoms with Gasteiger partial charge in [0.05, 0.1) is 0 Å². The summed E-state index contributed by atoms with van der Waals surface area (Å²) in [6.07, 6.45) is 2.41. The van der Waals surface area contributed by atoms with Gasteiger partial charge in [-0.05, 0) is 43.2 Å². The Morgan fingerprint density at radius 1 is 1.15 bits per heavy atom. The third-order valence-corrected chi connectivity index (χ3v) is 3.77. The molecule has 0 saturated heterocycles. The maximum absolute atomic E-state index is 14.0. The SMILES string of the molecule is Fc1cccc(CNC2CC2)c1Oc1ccc(Br)cc1. The lowest BCUT2D eigenvalue weighted by molar-refractivity contribution is 0.433. The number of ether oxygens (including phenoxy) is 1. The third-order valence-electron chi connectivity index (χ3n) is 3.24. The van der Waals surface area contributed by atoms with Crippen LogP contribution in [-0.4, -0.2) is 6.04 Å². The summed E-state index contributed by atoms with van der Waals surface area (Å²) in [5, 5.41) is 3.38. The molecule has 20 heavy (non-hydrogen) atoms. The maximum atomic E-state index is 14.0. The first-order chi connectivity index (χ1) is 9.72. The molecule has 0 bridgehead atoms. The predicted molar refractivity (Wildman–Crippen MR) is 80.5 cm³/mol. The lowest BCUT2D eigenvalue weighted by Gasteiger charge is -2.12. The van der Waals surface area contributed by atoms with Crippen LogP contribution >= 0.6 is 15.9 Å². The highest BCUT2D eigenvalue weighted by atomic mass is 79.9. The van der Waals surface area contributed by atoms with Gasteiger partial charge in [0.1, 0.15) is 5.75 Å². The summed E-state index contributed by atoms with van der Waals surface area (Å²) < 4.78 is 20.7. The van der Waals surface area contributed by atoms with Crippen molar-refractivity contribution in [1.29, 1.82) is 0 Å². The van der Waals surface area contributed by atoms with Crippen molar-refractivity contribution in [2.24, 2.45) is 0 Å². The number of para-hydroxylation sites is 1. The summed E-state index contributed by atoms with van der Waals surface area (Å²) in [5.41, 5.74) is 0.847. The molecule has 1 saturated carbocycles. The average Bonchev–Trinajstić information content (AvgIpc) is 3.26. The highest BCUT2D eigenvalue weighted by Crippen LogP contribution is 2.30. The van der Waals surface area contributed by atoms with E-state index in [1.54, 1.807) is 6.07 Å². The van der Waals surface area contributed by atoms with Crippen molar-refractivity contribution in [3.05, 3.63) is 58.3 Å². The smallest absolute Gasteiger partial charge is 0.167 e. The molecule has 1 N–H and O–H groups in total. The van der Waals surface area contributed by atoms with Crippen LogP contribution in [0.25, 0.3) is 0 Å². The number of benzene rings is 2. The van der Waals surface area contributed by atoms with Crippen LogP contribution in [0.4, 0.5) is 4.39 Å². The summed E-state index contributed by atoms with van der Waals surface area (Å²) in [5.74, 6) is 0.608. The molecule has 1 aliphatic carbocycles. The van der Waals surface area contributed by atoms with E-state index < -0.39 is 0 Å². The number of nitrogens with one attached hydrogen (secondary N) is 1. The molecule has 4 heteroatoms. The first kappa shape index (κ1) is 13.6. The predicted octanol–water partition coefficient (Wildman–Crippen LogP) is 4.63. The van der Waals surface area contributed by atoms with Crippen molar-refractivity contribution in [2.45, 2.75) is 25.4 Å². The number of rotatable bonds is 5. The van der Waals surface area contributed by atoms with E-state index in [0.29, 0.717) is 24.1 Å². The van der Waals surface area contributed by atoms with Gasteiger partial charge in [-0.15, -0.1) is 0 Å². The van der Waals surface area contributed by atoms with Crippen LogP contribution < -0.4 is 10.1 Å². The van der Waals surface area contributed by atoms with E-state index in [-0.39, 0.29) is 5.82 Å². The highest BCUT2D eigenvalue weighted by molar-refractivity contribution is 9.10. The normalized spacial score (nSPS) is 14.3. The van der Waals surface area contributed by atoms with Crippen molar-refractivity contribution in [3.8, 4) is 11.5 Å². The van der Waals surface area contributed by atoms with Crippen LogP contribution in [-0.2, 0) is 6.54 Å². The Labute approximate surface area is 126 Å². The fourth-order valence-corrected chi connectivity index (χ4v) is 2.23. The molecule has 0 radical (unpaired) electrons. The second kappa shape index (κ2) is 5.94. The number of halogens is 2. The Balaban J connectivity index is 1.80. The first-order valence-electron chi connectivity index (χ1n) is 6.66. The largest absolute Gasteiger partial charge is 0.454 e. The van der Waals surface area contributed by atoms with Gasteiger partial charge >= 0.3 is 0 Å². The van der Waals surface area contributed by atoms with E-state index in [1.165, 1.54) is 18.9 Å². The number of hydrogen-bond acceptors (Lipinski definition) is 2. The van der Waals surface area contributed by atoms with Crippen molar-refractivity contribution in [3.63, 3.8) is 0 Å². The van der Waals surface area contributed by atoms with Gasteiger partial charge < -0.3 is 10.1 Å². The Kier molecular flexibility index (Phi) is 4.03. The summed E-state index contributed by atoms with van der Waals surface area (Å²) >= 11 is 3.37. The van der Waals surface area contributed by atoms with Crippen LogP contribution in [0.1, 0.15) is 18.4 Å². The molecule has 1 fully saturated rings. The standard InChI is InChI=1S/C16H15BrFNO/c17-12-4-8-14(9-5-12)20-16-11(2-1-3-15(16)18)10-19-13-6-7-13/h1-5,8-9,13,19H,6-7,10H2. The highest BCUT2D eigenvalue weighted by Gasteiger charge is 2.21. The van der Waals surface area contributed by atoms with E-state index in [1.807, 2.05) is 30.3 Å². The minimum absolute atomic E-state index is 0.308. The monoisotopic (exact) mass is 335 g/mol. The lowest BCUT2D eigenvalue weighted by Crippen LogP contribution is -2.16. The molecule has 3 rings (SSSR count). The van der Waals surface area contributed by atoms with Crippen LogP contribution in [0, 0.1) is 5.82 Å². The van der Waals surface area contributed by atoms with Gasteiger partial charge in [0, 0.05) is 22.6 Å². The maximum Gasteiger partial charge on any atom is 0.167 e. The Bertz CT molecular complexity index is 596. The third kappa shape index (κ3) is 3.38. The molecule has 0 aromatic heterocycles. The van der Waals surface area contributed by atoms with Crippen LogP contribution in [0.15, 0.2) is 46.9 Å². The van der Waals surface area contributed by atoms with Crippen LogP contribution in [0.3, 0.4) is 0 Å². The van der Waals surface area contributed by atoms with E-state index in [2.05, 4.69) is 21.2 Å². The van der Waals surface area contributed by atoms with Gasteiger partial charge in [-0.1, -0.05) is 28.1 Å². The molecule has 0 heterocycles. The average molecular weight is 336 g/mol. The van der Waals surface area contributed by atoms with Gasteiger partial charge in [0.2, 0.25) is 0 Å². The molecular formula is C16H15BrFNO. The second-order valence-corrected chi connectivity index (χ2v) is 5.85. The molecule has 0 spiro atoms. The number of hydrogen-bond donors (Lipinski definition) is 1. The lowest BCUT2D eigenvalue weighted by atomic mass is 10.2. The molecule has 104 valence electrons. The Morgan fingerprint density at radius 3 is 2.60 bits per heavy atom. The Hall–Kier alpha value is -1.39. The molecule has 2 aromatic carbocycles. The molecule has 2 aromatic rings. The molecule has 0 atom stereocenters. The molecule has 0 unspecified atom stereocenters. The summed E-state index contributed by atoms with van der Waals surface area (Å²) in [7, 11) is 0. The van der Waals surface area contributed by atoms with Crippen molar-refractivity contribution in [2.75, 3.05) is 0 Å². The minimum Gasteiger partial charge on any atom is -0.454 e. The van der Waals surface area contributed by atoms with Crippen molar-refractivity contribution in [1.82, 2.24) is 5.32 Å². The molecule has 1 aliphatic rings. The summed E-state index contributed by atoms with van der Waals surface area (Å²) in [6, 6.07) is 13.0. The quantitative estimate of drug-likeness (QED) is 0.859. The zero-order valence-electron chi connectivity index (χ0n) is 10.9. The van der Waals surface area contributed by atoms with Gasteiger partial charge in [0.25, 0.3) is 0 Å². The second-order valence-electron chi connectivity index (χ2n) is 4.94. The van der Waals surface area contributed by atoms with Gasteiger partial charge in [0.15, 0.2) is 11.6 Å². The van der Waals surface area contributed by atoms with Gasteiger partial charge in [-0.3, -0.25) is 0 Å². The first-order valence-corrected chi connectivity index (χ1v) is 7.46. The molecule has 0 amide bonds. The molecule has 0 aliphatic heterocycles. The topological polar surface area (TPSA) is 21.3 Å². The van der Waals surface area contributed by atoms with Gasteiger partial charge in [-0.25, -0.2) is 4.39 Å². The fraction of sp³-hybridized carbons (Fsp3) is 0.250. The van der Waals surface area contributed by atoms with Crippen LogP contribution in [0.2, 0.25) is 0 Å². The van der Waals surface area contributed by atoms with E-state index >= 15 is 0 Å². The van der Waals surface area contributed by atoms with E-state index in [4.69, 9.17) is 4.74 Å². The van der Waals surface area contributed by atoms with Crippen molar-refractivity contribution >= 4 is 15.9 Å². The van der Waals surface area contributed by atoms with Gasteiger partial charge in [-0.2, -0.15) is 0 Å². The summed E-state index contributed by atoms with van der Waals surface area (Å²) in [4.78, 5) is 0. The zero-order valence-corrected chi connectivity index (χ0v) is 12.5. The molecule has 2 nitrogen and oxygen atoms in total. The minimum atomic E-state index is -0.331. The van der Waals surface area contributed by atoms with E-state index in [0.717, 1.165) is 10.0 Å². The summed E-state index contributed by atoms with van der Waals surface area (Å²) in [6.45, 7) is 0.633. The van der Waals surface area contributed by atoms with E-state index in [9.17, 15) is 4.39 Å². The van der Waals surface area contributed by atoms with Crippen molar-refractivity contribution < 1.29 is 9.13 Å². The molecular weight excluding hydrogens is 321 g/mol.